The van der Waals surface area contributed by atoms with E-state index in [1.54, 1.807) is 12.1 Å². The molecule has 0 aliphatic carbocycles. The second-order valence-electron chi connectivity index (χ2n) is 2.59. The lowest BCUT2D eigenvalue weighted by Gasteiger charge is -2.02. The first-order valence-corrected chi connectivity index (χ1v) is 4.22. The van der Waals surface area contributed by atoms with Crippen LogP contribution in [0.25, 0.3) is 0 Å². The highest BCUT2D eigenvalue weighted by molar-refractivity contribution is 5.46. The molecule has 0 amide bonds. The zero-order valence-electron chi connectivity index (χ0n) is 7.88. The first kappa shape index (κ1) is 10.6. The minimum atomic E-state index is -0.408. The number of aliphatic hydroxyl groups is 1. The summed E-state index contributed by atoms with van der Waals surface area (Å²) in [6.07, 6.45) is 0.331. The van der Waals surface area contributed by atoms with Gasteiger partial charge in [-0.3, -0.25) is 0 Å². The SMILES string of the molecule is COc1cccc(F)c1C#CCCO. The van der Waals surface area contributed by atoms with Crippen molar-refractivity contribution in [2.75, 3.05) is 13.7 Å². The van der Waals surface area contributed by atoms with Gasteiger partial charge in [-0.25, -0.2) is 4.39 Å². The molecule has 0 aromatic heterocycles. The normalized spacial score (nSPS) is 9.07. The fraction of sp³-hybridized carbons (Fsp3) is 0.273. The van der Waals surface area contributed by atoms with Crippen molar-refractivity contribution in [1.29, 1.82) is 0 Å². The van der Waals surface area contributed by atoms with Crippen LogP contribution in [0.4, 0.5) is 4.39 Å². The Morgan fingerprint density at radius 3 is 2.93 bits per heavy atom. The van der Waals surface area contributed by atoms with Crippen LogP contribution in [-0.4, -0.2) is 18.8 Å². The van der Waals surface area contributed by atoms with Gasteiger partial charge in [0.1, 0.15) is 17.1 Å². The van der Waals surface area contributed by atoms with E-state index in [0.29, 0.717) is 12.2 Å². The Morgan fingerprint density at radius 2 is 2.29 bits per heavy atom. The van der Waals surface area contributed by atoms with Crippen molar-refractivity contribution < 1.29 is 14.2 Å². The number of benzene rings is 1. The van der Waals surface area contributed by atoms with Crippen LogP contribution in [-0.2, 0) is 0 Å². The van der Waals surface area contributed by atoms with Crippen LogP contribution in [0.5, 0.6) is 5.75 Å². The summed E-state index contributed by atoms with van der Waals surface area (Å²) in [6.45, 7) is -0.0240. The van der Waals surface area contributed by atoms with E-state index < -0.39 is 5.82 Å². The third kappa shape index (κ3) is 2.48. The number of hydrogen-bond acceptors (Lipinski definition) is 2. The molecular formula is C11H11FO2. The summed E-state index contributed by atoms with van der Waals surface area (Å²) in [6, 6.07) is 4.53. The van der Waals surface area contributed by atoms with Gasteiger partial charge in [-0.05, 0) is 12.1 Å². The van der Waals surface area contributed by atoms with Crippen LogP contribution in [0.15, 0.2) is 18.2 Å². The predicted octanol–water partition coefficient (Wildman–Crippen LogP) is 1.57. The molecule has 3 heteroatoms. The fourth-order valence-corrected chi connectivity index (χ4v) is 1.00. The number of hydrogen-bond donors (Lipinski definition) is 1. The minimum absolute atomic E-state index is 0.0240. The molecule has 0 bridgehead atoms. The van der Waals surface area contributed by atoms with Crippen LogP contribution in [0.1, 0.15) is 12.0 Å². The van der Waals surface area contributed by atoms with E-state index in [0.717, 1.165) is 0 Å². The van der Waals surface area contributed by atoms with E-state index in [1.807, 2.05) is 0 Å². The van der Waals surface area contributed by atoms with Crippen molar-refractivity contribution in [1.82, 2.24) is 0 Å². The molecule has 74 valence electrons. The third-order valence-electron chi connectivity index (χ3n) is 1.65. The van der Waals surface area contributed by atoms with Gasteiger partial charge in [-0.1, -0.05) is 17.9 Å². The average Bonchev–Trinajstić information content (AvgIpc) is 2.20. The number of halogens is 1. The maximum absolute atomic E-state index is 13.2. The second-order valence-corrected chi connectivity index (χ2v) is 2.59. The summed E-state index contributed by atoms with van der Waals surface area (Å²) in [5.74, 6) is 5.28. The van der Waals surface area contributed by atoms with Gasteiger partial charge in [0.2, 0.25) is 0 Å². The zero-order valence-corrected chi connectivity index (χ0v) is 7.88. The van der Waals surface area contributed by atoms with Crippen LogP contribution in [0.2, 0.25) is 0 Å². The molecule has 1 rings (SSSR count). The lowest BCUT2D eigenvalue weighted by atomic mass is 10.2. The summed E-state index contributed by atoms with van der Waals surface area (Å²) in [5.41, 5.74) is 0.239. The first-order valence-electron chi connectivity index (χ1n) is 4.22. The van der Waals surface area contributed by atoms with Crippen LogP contribution < -0.4 is 4.74 Å². The van der Waals surface area contributed by atoms with E-state index in [-0.39, 0.29) is 12.2 Å². The number of rotatable bonds is 2. The summed E-state index contributed by atoms with van der Waals surface area (Å²) in [7, 11) is 1.46. The molecule has 1 N–H and O–H groups in total. The molecule has 0 aliphatic heterocycles. The van der Waals surface area contributed by atoms with Crippen molar-refractivity contribution in [3.63, 3.8) is 0 Å². The maximum Gasteiger partial charge on any atom is 0.142 e. The molecule has 2 nitrogen and oxygen atoms in total. The molecule has 0 atom stereocenters. The summed E-state index contributed by atoms with van der Waals surface area (Å²) < 4.78 is 18.2. The largest absolute Gasteiger partial charge is 0.495 e. The standard InChI is InChI=1S/C11H11FO2/c1-14-11-7-4-6-10(12)9(11)5-2-3-8-13/h4,6-7,13H,3,8H2,1H3. The Labute approximate surface area is 82.3 Å². The molecule has 0 heterocycles. The molecule has 1 aromatic rings. The Hall–Kier alpha value is -1.53. The molecule has 0 radical (unpaired) electrons. The van der Waals surface area contributed by atoms with Gasteiger partial charge in [0.05, 0.1) is 13.7 Å². The maximum atomic E-state index is 13.2. The van der Waals surface area contributed by atoms with E-state index >= 15 is 0 Å². The highest BCUT2D eigenvalue weighted by atomic mass is 19.1. The lowest BCUT2D eigenvalue weighted by Crippen LogP contribution is -1.91. The number of ether oxygens (including phenoxy) is 1. The van der Waals surface area contributed by atoms with E-state index in [2.05, 4.69) is 11.8 Å². The van der Waals surface area contributed by atoms with Gasteiger partial charge in [0.15, 0.2) is 0 Å². The average molecular weight is 194 g/mol. The van der Waals surface area contributed by atoms with Gasteiger partial charge < -0.3 is 9.84 Å². The van der Waals surface area contributed by atoms with E-state index in [4.69, 9.17) is 9.84 Å². The lowest BCUT2D eigenvalue weighted by molar-refractivity contribution is 0.305. The Balaban J connectivity index is 3.00. The third-order valence-corrected chi connectivity index (χ3v) is 1.65. The van der Waals surface area contributed by atoms with Crippen molar-refractivity contribution >= 4 is 0 Å². The first-order chi connectivity index (χ1) is 6.79. The highest BCUT2D eigenvalue weighted by Gasteiger charge is 2.04. The Morgan fingerprint density at radius 1 is 1.50 bits per heavy atom. The van der Waals surface area contributed by atoms with E-state index in [1.165, 1.54) is 13.2 Å². The van der Waals surface area contributed by atoms with Gasteiger partial charge in [0, 0.05) is 6.42 Å². The minimum Gasteiger partial charge on any atom is -0.495 e. The molecule has 0 unspecified atom stereocenters. The quantitative estimate of drug-likeness (QED) is 0.724. The van der Waals surface area contributed by atoms with Crippen molar-refractivity contribution in [2.24, 2.45) is 0 Å². The molecule has 0 spiro atoms. The van der Waals surface area contributed by atoms with Crippen molar-refractivity contribution in [3.05, 3.63) is 29.6 Å². The summed E-state index contributed by atoms with van der Waals surface area (Å²) in [5, 5.41) is 8.51. The molecular weight excluding hydrogens is 183 g/mol. The zero-order chi connectivity index (χ0) is 10.4. The molecule has 1 aromatic carbocycles. The monoisotopic (exact) mass is 194 g/mol. The second kappa shape index (κ2) is 5.25. The Bertz CT molecular complexity index is 363. The smallest absolute Gasteiger partial charge is 0.142 e. The molecule has 0 fully saturated rings. The summed E-state index contributed by atoms with van der Waals surface area (Å²) in [4.78, 5) is 0. The molecule has 0 saturated heterocycles. The fourth-order valence-electron chi connectivity index (χ4n) is 1.00. The highest BCUT2D eigenvalue weighted by Crippen LogP contribution is 2.19. The predicted molar refractivity (Wildman–Crippen MR) is 51.5 cm³/mol. The van der Waals surface area contributed by atoms with Crippen molar-refractivity contribution in [3.8, 4) is 17.6 Å². The van der Waals surface area contributed by atoms with E-state index in [9.17, 15) is 4.39 Å². The van der Waals surface area contributed by atoms with Crippen LogP contribution in [0.3, 0.4) is 0 Å². The van der Waals surface area contributed by atoms with Gasteiger partial charge in [-0.15, -0.1) is 0 Å². The number of aliphatic hydroxyl groups excluding tert-OH is 1. The molecule has 0 saturated carbocycles. The summed E-state index contributed by atoms with van der Waals surface area (Å²) >= 11 is 0. The van der Waals surface area contributed by atoms with Crippen molar-refractivity contribution in [2.45, 2.75) is 6.42 Å². The van der Waals surface area contributed by atoms with Crippen LogP contribution in [0, 0.1) is 17.7 Å². The molecule has 14 heavy (non-hydrogen) atoms. The number of methoxy groups -OCH3 is 1. The topological polar surface area (TPSA) is 29.5 Å². The van der Waals surface area contributed by atoms with Gasteiger partial charge in [0.25, 0.3) is 0 Å². The van der Waals surface area contributed by atoms with Crippen LogP contribution >= 0.6 is 0 Å². The van der Waals surface area contributed by atoms with Gasteiger partial charge in [-0.2, -0.15) is 0 Å². The molecule has 0 aliphatic rings. The van der Waals surface area contributed by atoms with Gasteiger partial charge >= 0.3 is 0 Å². The Kier molecular flexibility index (Phi) is 3.96.